The Kier molecular flexibility index (Phi) is 8.32. The molecule has 11 heteroatoms. The summed E-state index contributed by atoms with van der Waals surface area (Å²) < 4.78 is 50.4. The molecular weight excluding hydrogens is 493 g/mol. The van der Waals surface area contributed by atoms with Gasteiger partial charge in [0, 0.05) is 32.6 Å². The van der Waals surface area contributed by atoms with Gasteiger partial charge in [0.2, 0.25) is 5.91 Å². The minimum Gasteiger partial charge on any atom is -0.497 e. The first-order valence-corrected chi connectivity index (χ1v) is 13.9. The molecule has 1 aliphatic heterocycles. The quantitative estimate of drug-likeness (QED) is 0.404. The van der Waals surface area contributed by atoms with Gasteiger partial charge in [-0.3, -0.25) is 14.6 Å². The Bertz CT molecular complexity index is 1260. The number of carbonyl (C=O) groups excluding carboxylic acids is 1. The Morgan fingerprint density at radius 3 is 2.66 bits per heavy atom. The number of fused-ring (bicyclic) bond motifs is 1. The Labute approximate surface area is 208 Å². The number of anilines is 1. The molecule has 0 radical (unpaired) electrons. The molecule has 1 aliphatic rings. The molecule has 0 saturated carbocycles. The molecule has 35 heavy (non-hydrogen) atoms. The maximum absolute atomic E-state index is 13.7. The van der Waals surface area contributed by atoms with Gasteiger partial charge in [-0.25, -0.2) is 17.8 Å². The van der Waals surface area contributed by atoms with Gasteiger partial charge in [0.05, 0.1) is 41.2 Å². The number of benzene rings is 2. The van der Waals surface area contributed by atoms with Gasteiger partial charge in [-0.2, -0.15) is 0 Å². The molecule has 0 aliphatic carbocycles. The van der Waals surface area contributed by atoms with Gasteiger partial charge in [0.15, 0.2) is 15.0 Å². The summed E-state index contributed by atoms with van der Waals surface area (Å²) in [4.78, 5) is 21.7. The second-order valence-electron chi connectivity index (χ2n) is 8.21. The molecule has 8 nitrogen and oxygen atoms in total. The molecule has 0 atom stereocenters. The molecule has 4 rings (SSSR count). The van der Waals surface area contributed by atoms with Gasteiger partial charge in [-0.15, -0.1) is 0 Å². The summed E-state index contributed by atoms with van der Waals surface area (Å²) in [5, 5.41) is 0.444. The number of methoxy groups -OCH3 is 1. The van der Waals surface area contributed by atoms with E-state index in [4.69, 9.17) is 9.47 Å². The normalized spacial score (nSPS) is 14.8. The molecule has 0 N–H and O–H groups in total. The van der Waals surface area contributed by atoms with Gasteiger partial charge in [-0.1, -0.05) is 11.3 Å². The van der Waals surface area contributed by atoms with Crippen LogP contribution < -0.4 is 9.64 Å². The van der Waals surface area contributed by atoms with E-state index in [0.717, 1.165) is 19.6 Å². The van der Waals surface area contributed by atoms with Crippen LogP contribution in [-0.4, -0.2) is 76.5 Å². The number of rotatable bonds is 10. The molecule has 1 fully saturated rings. The van der Waals surface area contributed by atoms with Crippen LogP contribution in [0.3, 0.4) is 0 Å². The van der Waals surface area contributed by atoms with E-state index < -0.39 is 9.84 Å². The van der Waals surface area contributed by atoms with E-state index in [1.54, 1.807) is 18.2 Å². The van der Waals surface area contributed by atoms with Crippen molar-refractivity contribution in [2.75, 3.05) is 57.2 Å². The molecule has 0 spiro atoms. The third-order valence-electron chi connectivity index (χ3n) is 5.83. The van der Waals surface area contributed by atoms with Crippen LogP contribution in [0.15, 0.2) is 47.4 Å². The van der Waals surface area contributed by atoms with E-state index in [2.05, 4.69) is 9.88 Å². The summed E-state index contributed by atoms with van der Waals surface area (Å²) in [6.45, 7) is 4.24. The van der Waals surface area contributed by atoms with E-state index in [9.17, 15) is 17.6 Å². The van der Waals surface area contributed by atoms with Crippen molar-refractivity contribution in [3.63, 3.8) is 0 Å². The number of amides is 1. The number of nitrogens with zero attached hydrogens (tertiary/aromatic N) is 3. The molecule has 0 unspecified atom stereocenters. The standard InChI is InChI=1S/C24H28FN3O5S2/c1-32-19-4-6-20(7-5-19)35(30,31)16-9-23(29)28(11-2-10-27-12-14-33-15-13-27)24-26-21-8-3-18(25)17-22(21)34-24/h3-8,17H,2,9-16H2,1H3. The summed E-state index contributed by atoms with van der Waals surface area (Å²) in [5.41, 5.74) is 0.600. The van der Waals surface area contributed by atoms with Crippen molar-refractivity contribution in [2.45, 2.75) is 17.7 Å². The molecule has 188 valence electrons. The van der Waals surface area contributed by atoms with E-state index >= 15 is 0 Å². The van der Waals surface area contributed by atoms with Gasteiger partial charge in [0.1, 0.15) is 11.6 Å². The SMILES string of the molecule is COc1ccc(S(=O)(=O)CCC(=O)N(CCCN2CCOCC2)c2nc3ccc(F)cc3s2)cc1. The lowest BCUT2D eigenvalue weighted by atomic mass is 10.3. The molecule has 3 aromatic rings. The smallest absolute Gasteiger partial charge is 0.229 e. The van der Waals surface area contributed by atoms with Gasteiger partial charge in [0.25, 0.3) is 0 Å². The van der Waals surface area contributed by atoms with Crippen LogP contribution in [0.2, 0.25) is 0 Å². The lowest BCUT2D eigenvalue weighted by molar-refractivity contribution is -0.118. The average Bonchev–Trinajstić information content (AvgIpc) is 3.28. The molecular formula is C24H28FN3O5S2. The van der Waals surface area contributed by atoms with Crippen LogP contribution in [0, 0.1) is 5.82 Å². The van der Waals surface area contributed by atoms with Crippen LogP contribution in [0.4, 0.5) is 9.52 Å². The number of sulfone groups is 1. The second kappa shape index (κ2) is 11.4. The van der Waals surface area contributed by atoms with Crippen molar-refractivity contribution in [3.05, 3.63) is 48.3 Å². The molecule has 0 bridgehead atoms. The number of aromatic nitrogens is 1. The Morgan fingerprint density at radius 2 is 1.94 bits per heavy atom. The van der Waals surface area contributed by atoms with E-state index in [0.29, 0.717) is 47.3 Å². The number of halogens is 1. The summed E-state index contributed by atoms with van der Waals surface area (Å²) in [6.07, 6.45) is 0.511. The molecule has 1 saturated heterocycles. The third kappa shape index (κ3) is 6.54. The highest BCUT2D eigenvalue weighted by molar-refractivity contribution is 7.91. The maximum atomic E-state index is 13.7. The van der Waals surface area contributed by atoms with Gasteiger partial charge >= 0.3 is 0 Å². The fourth-order valence-electron chi connectivity index (χ4n) is 3.86. The monoisotopic (exact) mass is 521 g/mol. The van der Waals surface area contributed by atoms with Crippen molar-refractivity contribution in [1.82, 2.24) is 9.88 Å². The first-order chi connectivity index (χ1) is 16.9. The molecule has 1 amide bonds. The number of carbonyl (C=O) groups is 1. The van der Waals surface area contributed by atoms with E-state index in [-0.39, 0.29) is 28.8 Å². The van der Waals surface area contributed by atoms with Crippen molar-refractivity contribution in [2.24, 2.45) is 0 Å². The molecule has 2 heterocycles. The fourth-order valence-corrected chi connectivity index (χ4v) is 6.13. The van der Waals surface area contributed by atoms with E-state index in [1.807, 2.05) is 0 Å². The van der Waals surface area contributed by atoms with Crippen molar-refractivity contribution < 1.29 is 27.1 Å². The second-order valence-corrected chi connectivity index (χ2v) is 11.3. The minimum atomic E-state index is -3.66. The van der Waals surface area contributed by atoms with Crippen LogP contribution in [-0.2, 0) is 19.4 Å². The van der Waals surface area contributed by atoms with Crippen LogP contribution in [0.5, 0.6) is 5.75 Å². The number of hydrogen-bond donors (Lipinski definition) is 0. The predicted molar refractivity (Wildman–Crippen MR) is 133 cm³/mol. The van der Waals surface area contributed by atoms with Crippen molar-refractivity contribution >= 4 is 42.4 Å². The highest BCUT2D eigenvalue weighted by Crippen LogP contribution is 2.30. The van der Waals surface area contributed by atoms with Crippen molar-refractivity contribution in [1.29, 1.82) is 0 Å². The average molecular weight is 522 g/mol. The summed E-state index contributed by atoms with van der Waals surface area (Å²) in [6, 6.07) is 10.4. The highest BCUT2D eigenvalue weighted by atomic mass is 32.2. The van der Waals surface area contributed by atoms with Crippen molar-refractivity contribution in [3.8, 4) is 5.75 Å². The minimum absolute atomic E-state index is 0.139. The topological polar surface area (TPSA) is 89.0 Å². The zero-order valence-corrected chi connectivity index (χ0v) is 21.1. The van der Waals surface area contributed by atoms with Crippen LogP contribution in [0.25, 0.3) is 10.2 Å². The Hall–Kier alpha value is -2.60. The van der Waals surface area contributed by atoms with Crippen LogP contribution in [0.1, 0.15) is 12.8 Å². The van der Waals surface area contributed by atoms with Gasteiger partial charge in [-0.05, 0) is 48.9 Å². The highest BCUT2D eigenvalue weighted by Gasteiger charge is 2.24. The van der Waals surface area contributed by atoms with E-state index in [1.165, 1.54) is 47.6 Å². The fraction of sp³-hybridized carbons (Fsp3) is 0.417. The summed E-state index contributed by atoms with van der Waals surface area (Å²) >= 11 is 1.22. The predicted octanol–water partition coefficient (Wildman–Crippen LogP) is 3.36. The lowest BCUT2D eigenvalue weighted by Crippen LogP contribution is -2.39. The van der Waals surface area contributed by atoms with Crippen LogP contribution >= 0.6 is 11.3 Å². The third-order valence-corrected chi connectivity index (χ3v) is 8.61. The van der Waals surface area contributed by atoms with Gasteiger partial charge < -0.3 is 9.47 Å². The first kappa shape index (κ1) is 25.5. The number of morpholine rings is 1. The lowest BCUT2D eigenvalue weighted by Gasteiger charge is -2.27. The number of thiazole rings is 1. The molecule has 1 aromatic heterocycles. The Balaban J connectivity index is 1.47. The largest absolute Gasteiger partial charge is 0.497 e. The first-order valence-electron chi connectivity index (χ1n) is 11.4. The summed E-state index contributed by atoms with van der Waals surface area (Å²) in [5.74, 6) is -0.469. The zero-order chi connectivity index (χ0) is 24.8. The zero-order valence-electron chi connectivity index (χ0n) is 19.5. The molecule has 2 aromatic carbocycles. The number of ether oxygens (including phenoxy) is 2. The summed E-state index contributed by atoms with van der Waals surface area (Å²) in [7, 11) is -2.15. The number of hydrogen-bond acceptors (Lipinski definition) is 8. The maximum Gasteiger partial charge on any atom is 0.229 e. The Morgan fingerprint density at radius 1 is 1.20 bits per heavy atom.